The van der Waals surface area contributed by atoms with Crippen LogP contribution in [-0.2, 0) is 0 Å². The predicted molar refractivity (Wildman–Crippen MR) is 50.1 cm³/mol. The van der Waals surface area contributed by atoms with E-state index in [0.717, 1.165) is 0 Å². The second-order valence-corrected chi connectivity index (χ2v) is 3.55. The van der Waals surface area contributed by atoms with E-state index in [1.165, 1.54) is 16.9 Å². The topological polar surface area (TPSA) is 12.4 Å². The molecule has 0 bridgehead atoms. The van der Waals surface area contributed by atoms with Crippen molar-refractivity contribution in [1.29, 1.82) is 0 Å². The molecule has 1 heteroatoms. The van der Waals surface area contributed by atoms with Gasteiger partial charge in [-0.2, -0.15) is 0 Å². The van der Waals surface area contributed by atoms with Crippen LogP contribution in [0.2, 0.25) is 0 Å². The SMILES string of the molecule is CC1=N[C@H](C)[C@H](C)C(C)=C1C. The minimum atomic E-state index is 0.471. The van der Waals surface area contributed by atoms with Crippen LogP contribution >= 0.6 is 0 Å². The van der Waals surface area contributed by atoms with Gasteiger partial charge in [0, 0.05) is 5.71 Å². The Labute approximate surface area is 69.2 Å². The molecule has 11 heavy (non-hydrogen) atoms. The number of hydrogen-bond acceptors (Lipinski definition) is 1. The fourth-order valence-electron chi connectivity index (χ4n) is 1.50. The van der Waals surface area contributed by atoms with Crippen molar-refractivity contribution in [2.24, 2.45) is 10.9 Å². The van der Waals surface area contributed by atoms with Crippen molar-refractivity contribution < 1.29 is 0 Å². The molecule has 2 atom stereocenters. The average molecular weight is 151 g/mol. The third-order valence-electron chi connectivity index (χ3n) is 2.94. The lowest BCUT2D eigenvalue weighted by molar-refractivity contribution is 0.544. The molecule has 0 aromatic carbocycles. The van der Waals surface area contributed by atoms with Gasteiger partial charge in [0.15, 0.2) is 0 Å². The highest BCUT2D eigenvalue weighted by atomic mass is 14.8. The second-order valence-electron chi connectivity index (χ2n) is 3.55. The highest BCUT2D eigenvalue weighted by Gasteiger charge is 2.19. The third-order valence-corrected chi connectivity index (χ3v) is 2.94. The lowest BCUT2D eigenvalue weighted by Crippen LogP contribution is -2.21. The Bertz CT molecular complexity index is 223. The van der Waals surface area contributed by atoms with Crippen molar-refractivity contribution in [1.82, 2.24) is 0 Å². The summed E-state index contributed by atoms with van der Waals surface area (Å²) in [6.45, 7) is 10.9. The number of hydrogen-bond donors (Lipinski definition) is 0. The Morgan fingerprint density at radius 1 is 1.09 bits per heavy atom. The molecule has 0 fully saturated rings. The first-order valence-corrected chi connectivity index (χ1v) is 4.26. The van der Waals surface area contributed by atoms with Crippen molar-refractivity contribution in [3.05, 3.63) is 11.1 Å². The van der Waals surface area contributed by atoms with Crippen molar-refractivity contribution in [2.45, 2.75) is 40.7 Å². The molecule has 0 saturated carbocycles. The minimum absolute atomic E-state index is 0.471. The van der Waals surface area contributed by atoms with Crippen LogP contribution in [0.25, 0.3) is 0 Å². The summed E-state index contributed by atoms with van der Waals surface area (Å²) >= 11 is 0. The monoisotopic (exact) mass is 151 g/mol. The van der Waals surface area contributed by atoms with Gasteiger partial charge in [-0.3, -0.25) is 4.99 Å². The average Bonchev–Trinajstić information content (AvgIpc) is 1.97. The normalized spacial score (nSPS) is 32.3. The number of dihydropyridines is 1. The van der Waals surface area contributed by atoms with Gasteiger partial charge in [-0.15, -0.1) is 0 Å². The van der Waals surface area contributed by atoms with Gasteiger partial charge in [0.2, 0.25) is 0 Å². The fourth-order valence-corrected chi connectivity index (χ4v) is 1.50. The molecule has 0 aromatic rings. The van der Waals surface area contributed by atoms with Crippen molar-refractivity contribution >= 4 is 5.71 Å². The van der Waals surface area contributed by atoms with Crippen LogP contribution < -0.4 is 0 Å². The van der Waals surface area contributed by atoms with Gasteiger partial charge in [-0.1, -0.05) is 12.5 Å². The molecule has 62 valence electrons. The van der Waals surface area contributed by atoms with E-state index in [4.69, 9.17) is 0 Å². The highest BCUT2D eigenvalue weighted by molar-refractivity contribution is 5.99. The number of allylic oxidation sites excluding steroid dienone is 1. The summed E-state index contributed by atoms with van der Waals surface area (Å²) in [5.41, 5.74) is 4.11. The lowest BCUT2D eigenvalue weighted by Gasteiger charge is -2.25. The van der Waals surface area contributed by atoms with E-state index in [1.54, 1.807) is 0 Å². The molecule has 1 aliphatic heterocycles. The maximum absolute atomic E-state index is 4.55. The number of rotatable bonds is 0. The first kappa shape index (κ1) is 8.51. The van der Waals surface area contributed by atoms with E-state index in [0.29, 0.717) is 12.0 Å². The van der Waals surface area contributed by atoms with Gasteiger partial charge in [0.25, 0.3) is 0 Å². The molecule has 0 aromatic heterocycles. The van der Waals surface area contributed by atoms with Crippen molar-refractivity contribution in [3.63, 3.8) is 0 Å². The molecule has 0 spiro atoms. The molecule has 0 radical (unpaired) electrons. The van der Waals surface area contributed by atoms with E-state index >= 15 is 0 Å². The van der Waals surface area contributed by atoms with E-state index in [1.807, 2.05) is 0 Å². The summed E-state index contributed by atoms with van der Waals surface area (Å²) in [7, 11) is 0. The Morgan fingerprint density at radius 3 is 2.18 bits per heavy atom. The molecule has 0 unspecified atom stereocenters. The molecule has 0 saturated heterocycles. The lowest BCUT2D eigenvalue weighted by atomic mass is 9.88. The molecule has 1 nitrogen and oxygen atoms in total. The first-order chi connectivity index (χ1) is 5.04. The van der Waals surface area contributed by atoms with Gasteiger partial charge < -0.3 is 0 Å². The molecular weight excluding hydrogens is 134 g/mol. The molecule has 1 aliphatic rings. The third kappa shape index (κ3) is 1.37. The summed E-state index contributed by atoms with van der Waals surface area (Å²) in [5, 5.41) is 0. The molecule has 1 heterocycles. The Kier molecular flexibility index (Phi) is 2.17. The summed E-state index contributed by atoms with van der Waals surface area (Å²) in [4.78, 5) is 4.55. The number of aliphatic imine (C=N–C) groups is 1. The zero-order valence-corrected chi connectivity index (χ0v) is 8.10. The van der Waals surface area contributed by atoms with Gasteiger partial charge in [-0.05, 0) is 39.2 Å². The van der Waals surface area contributed by atoms with Gasteiger partial charge >= 0.3 is 0 Å². The standard InChI is InChI=1S/C10H17N/c1-6-7(2)9(4)11-10(5)8(6)3/h7,9H,1-5H3/t7-,9-/m1/s1. The van der Waals surface area contributed by atoms with Crippen LogP contribution in [0.5, 0.6) is 0 Å². The molecule has 0 aliphatic carbocycles. The van der Waals surface area contributed by atoms with Crippen LogP contribution in [0, 0.1) is 5.92 Å². The zero-order chi connectivity index (χ0) is 8.59. The van der Waals surface area contributed by atoms with Crippen molar-refractivity contribution in [3.8, 4) is 0 Å². The Balaban J connectivity index is 3.02. The summed E-state index contributed by atoms with van der Waals surface area (Å²) in [6, 6.07) is 0.471. The summed E-state index contributed by atoms with van der Waals surface area (Å²) < 4.78 is 0. The van der Waals surface area contributed by atoms with Crippen LogP contribution in [-0.4, -0.2) is 11.8 Å². The van der Waals surface area contributed by atoms with Gasteiger partial charge in [-0.25, -0.2) is 0 Å². The first-order valence-electron chi connectivity index (χ1n) is 4.26. The largest absolute Gasteiger partial charge is 0.286 e. The molecule has 0 amide bonds. The Hall–Kier alpha value is -0.590. The van der Waals surface area contributed by atoms with E-state index in [9.17, 15) is 0 Å². The Morgan fingerprint density at radius 2 is 1.64 bits per heavy atom. The molecule has 1 rings (SSSR count). The van der Waals surface area contributed by atoms with E-state index in [2.05, 4.69) is 39.6 Å². The summed E-state index contributed by atoms with van der Waals surface area (Å²) in [5.74, 6) is 0.624. The number of nitrogens with zero attached hydrogens (tertiary/aromatic N) is 1. The fraction of sp³-hybridized carbons (Fsp3) is 0.700. The van der Waals surface area contributed by atoms with Gasteiger partial charge in [0.1, 0.15) is 0 Å². The highest BCUT2D eigenvalue weighted by Crippen LogP contribution is 2.25. The summed E-state index contributed by atoms with van der Waals surface area (Å²) in [6.07, 6.45) is 0. The van der Waals surface area contributed by atoms with Gasteiger partial charge in [0.05, 0.1) is 6.04 Å². The smallest absolute Gasteiger partial charge is 0.0537 e. The minimum Gasteiger partial charge on any atom is -0.286 e. The van der Waals surface area contributed by atoms with E-state index in [-0.39, 0.29) is 0 Å². The molecular formula is C10H17N. The van der Waals surface area contributed by atoms with Crippen LogP contribution in [0.15, 0.2) is 16.1 Å². The maximum Gasteiger partial charge on any atom is 0.0537 e. The van der Waals surface area contributed by atoms with Crippen LogP contribution in [0.3, 0.4) is 0 Å². The predicted octanol–water partition coefficient (Wildman–Crippen LogP) is 2.82. The van der Waals surface area contributed by atoms with E-state index < -0.39 is 0 Å². The molecule has 0 N–H and O–H groups in total. The quantitative estimate of drug-likeness (QED) is 0.505. The second kappa shape index (κ2) is 2.80. The van der Waals surface area contributed by atoms with Crippen LogP contribution in [0.1, 0.15) is 34.6 Å². The maximum atomic E-state index is 4.55. The van der Waals surface area contributed by atoms with Crippen molar-refractivity contribution in [2.75, 3.05) is 0 Å². The zero-order valence-electron chi connectivity index (χ0n) is 8.10. The van der Waals surface area contributed by atoms with Crippen LogP contribution in [0.4, 0.5) is 0 Å².